The molecule has 0 aromatic heterocycles. The maximum Gasteiger partial charge on any atom is 0.258 e. The van der Waals surface area contributed by atoms with Crippen molar-refractivity contribution in [1.29, 1.82) is 0 Å². The molecule has 3 N–H and O–H groups in total. The molecule has 0 aliphatic rings. The molecule has 0 saturated carbocycles. The first-order valence-electron chi connectivity index (χ1n) is 5.73. The van der Waals surface area contributed by atoms with E-state index < -0.39 is 5.82 Å². The van der Waals surface area contributed by atoms with Crippen LogP contribution in [0.4, 0.5) is 4.39 Å². The molecule has 0 bridgehead atoms. The second kappa shape index (κ2) is 5.97. The first-order valence-corrected chi connectivity index (χ1v) is 6.13. The number of hydrogen-bond acceptors (Lipinski definition) is 3. The molecule has 19 heavy (non-hydrogen) atoms. The number of nitrogens with one attached hydrogen (secondary N) is 1. The van der Waals surface area contributed by atoms with E-state index in [-0.39, 0.29) is 34.4 Å². The van der Waals surface area contributed by atoms with Crippen LogP contribution < -0.4 is 15.8 Å². The van der Waals surface area contributed by atoms with E-state index in [4.69, 9.17) is 22.7 Å². The first-order chi connectivity index (χ1) is 8.70. The molecule has 1 aromatic rings. The van der Waals surface area contributed by atoms with Gasteiger partial charge in [-0.05, 0) is 32.9 Å². The third kappa shape index (κ3) is 4.82. The van der Waals surface area contributed by atoms with Crippen molar-refractivity contribution < 1.29 is 13.9 Å². The highest BCUT2D eigenvalue weighted by atomic mass is 32.1. The third-order valence-corrected chi connectivity index (χ3v) is 2.30. The second-order valence-electron chi connectivity index (χ2n) is 5.06. The molecule has 0 aliphatic heterocycles. The van der Waals surface area contributed by atoms with Crippen LogP contribution >= 0.6 is 12.2 Å². The molecule has 0 heterocycles. The zero-order valence-corrected chi connectivity index (χ0v) is 11.9. The van der Waals surface area contributed by atoms with Crippen molar-refractivity contribution in [2.24, 2.45) is 5.73 Å². The van der Waals surface area contributed by atoms with Gasteiger partial charge >= 0.3 is 0 Å². The molecule has 4 nitrogen and oxygen atoms in total. The van der Waals surface area contributed by atoms with Crippen LogP contribution in [-0.2, 0) is 4.79 Å². The van der Waals surface area contributed by atoms with Crippen LogP contribution in [0, 0.1) is 5.82 Å². The summed E-state index contributed by atoms with van der Waals surface area (Å²) in [5.74, 6) is -0.705. The largest absolute Gasteiger partial charge is 0.483 e. The Kier molecular flexibility index (Phi) is 4.83. The average molecular weight is 284 g/mol. The highest BCUT2D eigenvalue weighted by Gasteiger charge is 2.16. The van der Waals surface area contributed by atoms with Gasteiger partial charge < -0.3 is 15.8 Å². The van der Waals surface area contributed by atoms with Crippen molar-refractivity contribution in [3.63, 3.8) is 0 Å². The van der Waals surface area contributed by atoms with Gasteiger partial charge in [0.25, 0.3) is 5.91 Å². The van der Waals surface area contributed by atoms with Crippen LogP contribution in [0.15, 0.2) is 18.2 Å². The van der Waals surface area contributed by atoms with E-state index in [2.05, 4.69) is 5.32 Å². The zero-order valence-electron chi connectivity index (χ0n) is 11.1. The number of thiocarbonyl (C=S) groups is 1. The Morgan fingerprint density at radius 3 is 2.63 bits per heavy atom. The highest BCUT2D eigenvalue weighted by Crippen LogP contribution is 2.21. The van der Waals surface area contributed by atoms with Crippen molar-refractivity contribution in [2.75, 3.05) is 6.61 Å². The number of amides is 1. The monoisotopic (exact) mass is 284 g/mol. The predicted molar refractivity (Wildman–Crippen MR) is 75.7 cm³/mol. The summed E-state index contributed by atoms with van der Waals surface area (Å²) in [6.45, 7) is 5.34. The van der Waals surface area contributed by atoms with Crippen LogP contribution in [0.1, 0.15) is 26.3 Å². The average Bonchev–Trinajstić information content (AvgIpc) is 2.23. The molecule has 0 aliphatic carbocycles. The molecule has 0 saturated heterocycles. The third-order valence-electron chi connectivity index (χ3n) is 2.09. The SMILES string of the molecule is CC(C)(C)NC(=O)COc1cccc(F)c1C(N)=S. The van der Waals surface area contributed by atoms with Gasteiger partial charge in [-0.25, -0.2) is 4.39 Å². The first kappa shape index (κ1) is 15.4. The van der Waals surface area contributed by atoms with Gasteiger partial charge in [0.2, 0.25) is 0 Å². The summed E-state index contributed by atoms with van der Waals surface area (Å²) < 4.78 is 18.8. The van der Waals surface area contributed by atoms with Crippen LogP contribution in [0.5, 0.6) is 5.75 Å². The topological polar surface area (TPSA) is 64.3 Å². The number of carbonyl (C=O) groups excluding carboxylic acids is 1. The predicted octanol–water partition coefficient (Wildman–Crippen LogP) is 1.75. The summed E-state index contributed by atoms with van der Waals surface area (Å²) in [5.41, 5.74) is 5.10. The maximum atomic E-state index is 13.5. The molecule has 0 unspecified atom stereocenters. The quantitative estimate of drug-likeness (QED) is 0.827. The van der Waals surface area contributed by atoms with Gasteiger partial charge in [-0.3, -0.25) is 4.79 Å². The molecular formula is C13H17FN2O2S. The summed E-state index contributed by atoms with van der Waals surface area (Å²) in [4.78, 5) is 11.5. The normalized spacial score (nSPS) is 10.9. The van der Waals surface area contributed by atoms with Crippen LogP contribution in [0.2, 0.25) is 0 Å². The van der Waals surface area contributed by atoms with Crippen LogP contribution in [0.3, 0.4) is 0 Å². The van der Waals surface area contributed by atoms with Crippen molar-refractivity contribution in [3.8, 4) is 5.75 Å². The molecule has 0 atom stereocenters. The lowest BCUT2D eigenvalue weighted by molar-refractivity contribution is -0.124. The lowest BCUT2D eigenvalue weighted by Crippen LogP contribution is -2.43. The number of benzene rings is 1. The number of nitrogens with two attached hydrogens (primary N) is 1. The van der Waals surface area contributed by atoms with E-state index in [1.165, 1.54) is 18.2 Å². The molecule has 6 heteroatoms. The van der Waals surface area contributed by atoms with E-state index in [0.717, 1.165) is 0 Å². The Hall–Kier alpha value is -1.69. The Morgan fingerprint density at radius 2 is 2.11 bits per heavy atom. The number of rotatable bonds is 4. The molecule has 0 spiro atoms. The van der Waals surface area contributed by atoms with E-state index in [9.17, 15) is 9.18 Å². The van der Waals surface area contributed by atoms with E-state index >= 15 is 0 Å². The van der Waals surface area contributed by atoms with Gasteiger partial charge in [-0.1, -0.05) is 18.3 Å². The zero-order chi connectivity index (χ0) is 14.6. The lowest BCUT2D eigenvalue weighted by Gasteiger charge is -2.20. The Balaban J connectivity index is 2.76. The lowest BCUT2D eigenvalue weighted by atomic mass is 10.1. The fourth-order valence-electron chi connectivity index (χ4n) is 1.46. The Bertz CT molecular complexity index is 498. The van der Waals surface area contributed by atoms with Crippen molar-refractivity contribution >= 4 is 23.1 Å². The van der Waals surface area contributed by atoms with Crippen molar-refractivity contribution in [3.05, 3.63) is 29.6 Å². The number of hydrogen-bond donors (Lipinski definition) is 2. The standard InChI is InChI=1S/C13H17FN2O2S/c1-13(2,3)16-10(17)7-18-9-6-4-5-8(14)11(9)12(15)19/h4-6H,7H2,1-3H3,(H2,15,19)(H,16,17). The minimum atomic E-state index is -0.568. The van der Waals surface area contributed by atoms with Crippen LogP contribution in [-0.4, -0.2) is 23.0 Å². The Labute approximate surface area is 117 Å². The van der Waals surface area contributed by atoms with E-state index in [0.29, 0.717) is 0 Å². The summed E-state index contributed by atoms with van der Waals surface area (Å²) >= 11 is 4.76. The summed E-state index contributed by atoms with van der Waals surface area (Å²) in [6, 6.07) is 4.21. The maximum absolute atomic E-state index is 13.5. The fourth-order valence-corrected chi connectivity index (χ4v) is 1.66. The minimum Gasteiger partial charge on any atom is -0.483 e. The van der Waals surface area contributed by atoms with Gasteiger partial charge in [0.1, 0.15) is 16.6 Å². The Morgan fingerprint density at radius 1 is 1.47 bits per heavy atom. The number of carbonyl (C=O) groups is 1. The highest BCUT2D eigenvalue weighted by molar-refractivity contribution is 7.80. The van der Waals surface area contributed by atoms with Gasteiger partial charge in [-0.2, -0.15) is 0 Å². The summed E-state index contributed by atoms with van der Waals surface area (Å²) in [6.07, 6.45) is 0. The molecule has 1 amide bonds. The smallest absolute Gasteiger partial charge is 0.258 e. The molecule has 1 aromatic carbocycles. The van der Waals surface area contributed by atoms with E-state index in [1.807, 2.05) is 20.8 Å². The molecule has 0 fully saturated rings. The van der Waals surface area contributed by atoms with Gasteiger partial charge in [0.05, 0.1) is 5.56 Å². The molecule has 104 valence electrons. The summed E-state index contributed by atoms with van der Waals surface area (Å²) in [5, 5.41) is 2.73. The van der Waals surface area contributed by atoms with Gasteiger partial charge in [0, 0.05) is 5.54 Å². The van der Waals surface area contributed by atoms with Gasteiger partial charge in [0.15, 0.2) is 6.61 Å². The van der Waals surface area contributed by atoms with Gasteiger partial charge in [-0.15, -0.1) is 0 Å². The molecular weight excluding hydrogens is 267 g/mol. The number of halogens is 1. The fraction of sp³-hybridized carbons (Fsp3) is 0.385. The minimum absolute atomic E-state index is 0.0149. The molecule has 0 radical (unpaired) electrons. The van der Waals surface area contributed by atoms with Crippen molar-refractivity contribution in [1.82, 2.24) is 5.32 Å². The second-order valence-corrected chi connectivity index (χ2v) is 5.50. The molecule has 1 rings (SSSR count). The summed E-state index contributed by atoms with van der Waals surface area (Å²) in [7, 11) is 0. The number of ether oxygens (including phenoxy) is 1. The van der Waals surface area contributed by atoms with E-state index in [1.54, 1.807) is 0 Å². The van der Waals surface area contributed by atoms with Crippen LogP contribution in [0.25, 0.3) is 0 Å². The van der Waals surface area contributed by atoms with Crippen molar-refractivity contribution in [2.45, 2.75) is 26.3 Å².